The Morgan fingerprint density at radius 3 is 2.42 bits per heavy atom. The van der Waals surface area contributed by atoms with Gasteiger partial charge in [0.05, 0.1) is 5.92 Å². The Bertz CT molecular complexity index is 506. The third-order valence-electron chi connectivity index (χ3n) is 3.21. The van der Waals surface area contributed by atoms with Crippen molar-refractivity contribution in [3.8, 4) is 0 Å². The summed E-state index contributed by atoms with van der Waals surface area (Å²) >= 11 is 0. The molecule has 2 rings (SSSR count). The molecule has 1 aromatic rings. The van der Waals surface area contributed by atoms with Crippen molar-refractivity contribution in [2.45, 2.75) is 44.2 Å². The molecule has 1 aliphatic rings. The quantitative estimate of drug-likeness (QED) is 0.477. The molecule has 1 aromatic carbocycles. The molecule has 1 fully saturated rings. The fourth-order valence-electron chi connectivity index (χ4n) is 2.20. The van der Waals surface area contributed by atoms with Crippen molar-refractivity contribution in [2.24, 2.45) is 0 Å². The first-order valence-corrected chi connectivity index (χ1v) is 6.20. The molecule has 0 amide bonds. The van der Waals surface area contributed by atoms with Gasteiger partial charge >= 0.3 is 11.5 Å². The Morgan fingerprint density at radius 2 is 1.95 bits per heavy atom. The standard InChI is InChI=1S/C14H17NO4/c1-13(2,3)19-12(16)14(15(17)18)9-11(14)10-7-5-4-6-8-10/h4-8,11H,9H2,1-3H3. The van der Waals surface area contributed by atoms with Crippen LogP contribution in [0.4, 0.5) is 0 Å². The maximum absolute atomic E-state index is 12.1. The van der Waals surface area contributed by atoms with Crippen LogP contribution in [0.15, 0.2) is 30.3 Å². The molecule has 1 aliphatic carbocycles. The summed E-state index contributed by atoms with van der Waals surface area (Å²) < 4.78 is 5.20. The van der Waals surface area contributed by atoms with Gasteiger partial charge in [-0.15, -0.1) is 0 Å². The highest BCUT2D eigenvalue weighted by atomic mass is 16.6. The minimum atomic E-state index is -1.60. The van der Waals surface area contributed by atoms with E-state index in [4.69, 9.17) is 4.74 Å². The molecule has 0 heterocycles. The van der Waals surface area contributed by atoms with Gasteiger partial charge in [0.25, 0.3) is 0 Å². The Labute approximate surface area is 111 Å². The van der Waals surface area contributed by atoms with Crippen LogP contribution in [0.5, 0.6) is 0 Å². The van der Waals surface area contributed by atoms with Crippen LogP contribution in [0.1, 0.15) is 38.7 Å². The van der Waals surface area contributed by atoms with Gasteiger partial charge in [0.1, 0.15) is 5.60 Å². The summed E-state index contributed by atoms with van der Waals surface area (Å²) in [5.74, 6) is -1.13. The third kappa shape index (κ3) is 2.45. The zero-order chi connectivity index (χ0) is 14.3. The topological polar surface area (TPSA) is 69.4 Å². The lowest BCUT2D eigenvalue weighted by Gasteiger charge is -2.21. The van der Waals surface area contributed by atoms with Gasteiger partial charge < -0.3 is 4.74 Å². The lowest BCUT2D eigenvalue weighted by atomic mass is 10.1. The molecule has 0 saturated heterocycles. The minimum absolute atomic E-state index is 0.207. The molecule has 0 aliphatic heterocycles. The van der Waals surface area contributed by atoms with Gasteiger partial charge in [-0.2, -0.15) is 0 Å². The molecule has 2 unspecified atom stereocenters. The zero-order valence-electron chi connectivity index (χ0n) is 11.3. The van der Waals surface area contributed by atoms with Crippen molar-refractivity contribution in [1.29, 1.82) is 0 Å². The van der Waals surface area contributed by atoms with Gasteiger partial charge in [-0.25, -0.2) is 4.79 Å². The molecule has 102 valence electrons. The van der Waals surface area contributed by atoms with Crippen molar-refractivity contribution >= 4 is 5.97 Å². The molecule has 0 aromatic heterocycles. The number of rotatable bonds is 3. The average molecular weight is 263 g/mol. The fourth-order valence-corrected chi connectivity index (χ4v) is 2.20. The highest BCUT2D eigenvalue weighted by molar-refractivity contribution is 5.85. The molecule has 5 nitrogen and oxygen atoms in total. The number of carbonyl (C=O) groups is 1. The maximum atomic E-state index is 12.1. The maximum Gasteiger partial charge on any atom is 0.386 e. The van der Waals surface area contributed by atoms with E-state index in [1.807, 2.05) is 18.2 Å². The van der Waals surface area contributed by atoms with Gasteiger partial charge in [-0.3, -0.25) is 10.1 Å². The molecule has 2 atom stereocenters. The summed E-state index contributed by atoms with van der Waals surface area (Å²) in [4.78, 5) is 22.9. The van der Waals surface area contributed by atoms with Crippen LogP contribution in [0.2, 0.25) is 0 Å². The van der Waals surface area contributed by atoms with Crippen molar-refractivity contribution in [1.82, 2.24) is 0 Å². The third-order valence-corrected chi connectivity index (χ3v) is 3.21. The van der Waals surface area contributed by atoms with Crippen molar-refractivity contribution in [3.05, 3.63) is 46.0 Å². The van der Waals surface area contributed by atoms with Crippen molar-refractivity contribution in [3.63, 3.8) is 0 Å². The van der Waals surface area contributed by atoms with Crippen LogP contribution in [-0.4, -0.2) is 22.0 Å². The van der Waals surface area contributed by atoms with Crippen LogP contribution >= 0.6 is 0 Å². The first-order valence-electron chi connectivity index (χ1n) is 6.20. The van der Waals surface area contributed by atoms with E-state index in [1.54, 1.807) is 32.9 Å². The van der Waals surface area contributed by atoms with E-state index in [0.717, 1.165) is 5.56 Å². The zero-order valence-corrected chi connectivity index (χ0v) is 11.3. The molecular formula is C14H17NO4. The summed E-state index contributed by atoms with van der Waals surface area (Å²) in [5.41, 5.74) is -1.51. The average Bonchev–Trinajstić information content (AvgIpc) is 3.04. The Kier molecular flexibility index (Phi) is 3.08. The number of benzene rings is 1. The number of hydrogen-bond donors (Lipinski definition) is 0. The van der Waals surface area contributed by atoms with E-state index in [1.165, 1.54) is 0 Å². The van der Waals surface area contributed by atoms with Crippen LogP contribution in [-0.2, 0) is 9.53 Å². The molecule has 0 radical (unpaired) electrons. The van der Waals surface area contributed by atoms with E-state index in [0.29, 0.717) is 0 Å². The highest BCUT2D eigenvalue weighted by Crippen LogP contribution is 2.54. The summed E-state index contributed by atoms with van der Waals surface area (Å²) in [6.45, 7) is 5.12. The lowest BCUT2D eigenvalue weighted by molar-refractivity contribution is -0.527. The van der Waals surface area contributed by atoms with Crippen LogP contribution in [0.25, 0.3) is 0 Å². The van der Waals surface area contributed by atoms with E-state index in [9.17, 15) is 14.9 Å². The smallest absolute Gasteiger partial charge is 0.386 e. The van der Waals surface area contributed by atoms with E-state index >= 15 is 0 Å². The number of nitro groups is 1. The number of ether oxygens (including phenoxy) is 1. The summed E-state index contributed by atoms with van der Waals surface area (Å²) in [5, 5.41) is 11.3. The van der Waals surface area contributed by atoms with Gasteiger partial charge in [0, 0.05) is 11.3 Å². The predicted octanol–water partition coefficient (Wildman–Crippen LogP) is 2.53. The Hall–Kier alpha value is -1.91. The fraction of sp³-hybridized carbons (Fsp3) is 0.500. The van der Waals surface area contributed by atoms with Crippen LogP contribution in [0.3, 0.4) is 0 Å². The molecule has 1 saturated carbocycles. The summed E-state index contributed by atoms with van der Waals surface area (Å²) in [6, 6.07) is 9.08. The van der Waals surface area contributed by atoms with Crippen LogP contribution < -0.4 is 0 Å². The molecule has 0 bridgehead atoms. The molecule has 19 heavy (non-hydrogen) atoms. The molecule has 5 heteroatoms. The monoisotopic (exact) mass is 263 g/mol. The number of esters is 1. The van der Waals surface area contributed by atoms with Gasteiger partial charge in [0.2, 0.25) is 0 Å². The van der Waals surface area contributed by atoms with Gasteiger partial charge in [0.15, 0.2) is 0 Å². The largest absolute Gasteiger partial charge is 0.455 e. The first kappa shape index (κ1) is 13.5. The summed E-state index contributed by atoms with van der Waals surface area (Å²) in [7, 11) is 0. The molecule has 0 N–H and O–H groups in total. The van der Waals surface area contributed by atoms with E-state index in [-0.39, 0.29) is 6.42 Å². The van der Waals surface area contributed by atoms with E-state index < -0.39 is 28.0 Å². The highest BCUT2D eigenvalue weighted by Gasteiger charge is 2.74. The number of hydrogen-bond acceptors (Lipinski definition) is 4. The first-order chi connectivity index (χ1) is 8.77. The SMILES string of the molecule is CC(C)(C)OC(=O)C1([N+](=O)[O-])CC1c1ccccc1. The minimum Gasteiger partial charge on any atom is -0.455 e. The van der Waals surface area contributed by atoms with Crippen LogP contribution in [0, 0.1) is 10.1 Å². The Morgan fingerprint density at radius 1 is 1.37 bits per heavy atom. The molecule has 0 spiro atoms. The van der Waals surface area contributed by atoms with Gasteiger partial charge in [-0.1, -0.05) is 30.3 Å². The predicted molar refractivity (Wildman–Crippen MR) is 69.4 cm³/mol. The molecular weight excluding hydrogens is 246 g/mol. The second kappa shape index (κ2) is 4.33. The number of nitrogens with zero attached hydrogens (tertiary/aromatic N) is 1. The normalized spacial score (nSPS) is 25.7. The van der Waals surface area contributed by atoms with Crippen molar-refractivity contribution < 1.29 is 14.5 Å². The second-order valence-corrected chi connectivity index (χ2v) is 5.85. The van der Waals surface area contributed by atoms with Crippen molar-refractivity contribution in [2.75, 3.05) is 0 Å². The van der Waals surface area contributed by atoms with Gasteiger partial charge in [-0.05, 0) is 26.3 Å². The second-order valence-electron chi connectivity index (χ2n) is 5.85. The van der Waals surface area contributed by atoms with E-state index in [2.05, 4.69) is 0 Å². The Balaban J connectivity index is 2.24. The number of carbonyl (C=O) groups excluding carboxylic acids is 1. The lowest BCUT2D eigenvalue weighted by Crippen LogP contribution is -2.39. The summed E-state index contributed by atoms with van der Waals surface area (Å²) in [6.07, 6.45) is 0.207.